The van der Waals surface area contributed by atoms with Crippen LogP contribution < -0.4 is 5.69 Å². The molecule has 6 heteroatoms. The Morgan fingerprint density at radius 2 is 2.33 bits per heavy atom. The molecule has 24 heavy (non-hydrogen) atoms. The number of hydrogen-bond acceptors (Lipinski definition) is 4. The molecule has 0 aliphatic carbocycles. The molecule has 130 valence electrons. The molecule has 1 aliphatic heterocycles. The van der Waals surface area contributed by atoms with Crippen LogP contribution in [0.1, 0.15) is 44.2 Å². The maximum absolute atomic E-state index is 12.1. The lowest BCUT2D eigenvalue weighted by molar-refractivity contribution is 0.217. The predicted octanol–water partition coefficient (Wildman–Crippen LogP) is 2.48. The minimum absolute atomic E-state index is 0.0153. The Morgan fingerprint density at radius 3 is 3.04 bits per heavy atom. The lowest BCUT2D eigenvalue weighted by Gasteiger charge is -2.32. The second-order valence-corrected chi connectivity index (χ2v) is 6.59. The number of aromatic nitrogens is 3. The predicted molar refractivity (Wildman–Crippen MR) is 93.9 cm³/mol. The van der Waals surface area contributed by atoms with E-state index in [9.17, 15) is 4.79 Å². The van der Waals surface area contributed by atoms with Gasteiger partial charge in [-0.2, -0.15) is 5.10 Å². The summed E-state index contributed by atoms with van der Waals surface area (Å²) in [6, 6.07) is 3.87. The summed E-state index contributed by atoms with van der Waals surface area (Å²) < 4.78 is 8.65. The summed E-state index contributed by atoms with van der Waals surface area (Å²) in [5.41, 5.74) is 1.26. The molecule has 0 N–H and O–H groups in total. The molecule has 1 aliphatic rings. The van der Waals surface area contributed by atoms with Crippen molar-refractivity contribution in [1.82, 2.24) is 19.2 Å². The Balaban J connectivity index is 1.71. The van der Waals surface area contributed by atoms with Crippen molar-refractivity contribution in [3.05, 3.63) is 46.0 Å². The molecular formula is C18H26N4O2. The van der Waals surface area contributed by atoms with E-state index >= 15 is 0 Å². The zero-order chi connectivity index (χ0) is 17.1. The van der Waals surface area contributed by atoms with Crippen LogP contribution in [0.5, 0.6) is 0 Å². The molecule has 0 bridgehead atoms. The molecule has 2 aromatic rings. The Kier molecular flexibility index (Phi) is 5.04. The second-order valence-electron chi connectivity index (χ2n) is 6.59. The fourth-order valence-electron chi connectivity index (χ4n) is 3.55. The number of aryl methyl sites for hydroxylation is 1. The molecule has 3 rings (SSSR count). The first-order valence-electron chi connectivity index (χ1n) is 8.65. The van der Waals surface area contributed by atoms with Gasteiger partial charge in [0.15, 0.2) is 0 Å². The van der Waals surface area contributed by atoms with Crippen molar-refractivity contribution in [1.29, 1.82) is 0 Å². The van der Waals surface area contributed by atoms with Crippen molar-refractivity contribution in [3.8, 4) is 0 Å². The van der Waals surface area contributed by atoms with Gasteiger partial charge in [-0.25, -0.2) is 9.48 Å². The summed E-state index contributed by atoms with van der Waals surface area (Å²) in [6.07, 6.45) is 6.01. The van der Waals surface area contributed by atoms with Gasteiger partial charge in [-0.3, -0.25) is 9.47 Å². The summed E-state index contributed by atoms with van der Waals surface area (Å²) in [6.45, 7) is 7.76. The summed E-state index contributed by atoms with van der Waals surface area (Å²) >= 11 is 0. The molecule has 1 fully saturated rings. The van der Waals surface area contributed by atoms with Crippen LogP contribution in [-0.4, -0.2) is 38.9 Å². The molecular weight excluding hydrogens is 304 g/mol. The van der Waals surface area contributed by atoms with Crippen molar-refractivity contribution in [2.45, 2.75) is 39.2 Å². The molecule has 3 heterocycles. The summed E-state index contributed by atoms with van der Waals surface area (Å²) in [4.78, 5) is 14.6. The van der Waals surface area contributed by atoms with Crippen LogP contribution in [0, 0.1) is 0 Å². The highest BCUT2D eigenvalue weighted by Gasteiger charge is 2.26. The number of piperidine rings is 1. The average Bonchev–Trinajstić information content (AvgIpc) is 3.16. The fraction of sp³-hybridized carbons (Fsp3) is 0.556. The lowest BCUT2D eigenvalue weighted by Crippen LogP contribution is -2.36. The van der Waals surface area contributed by atoms with Crippen molar-refractivity contribution in [3.63, 3.8) is 0 Å². The third-order valence-corrected chi connectivity index (χ3v) is 4.63. The van der Waals surface area contributed by atoms with Gasteiger partial charge in [-0.15, -0.1) is 0 Å². The van der Waals surface area contributed by atoms with E-state index in [4.69, 9.17) is 4.42 Å². The molecule has 1 saturated heterocycles. The van der Waals surface area contributed by atoms with E-state index in [1.54, 1.807) is 17.9 Å². The van der Waals surface area contributed by atoms with Crippen LogP contribution in [0.4, 0.5) is 0 Å². The first-order valence-corrected chi connectivity index (χ1v) is 8.65. The van der Waals surface area contributed by atoms with Crippen molar-refractivity contribution < 1.29 is 4.42 Å². The summed E-state index contributed by atoms with van der Waals surface area (Å²) in [5, 5.41) is 4.49. The average molecular weight is 330 g/mol. The standard InChI is InChI=1S/C18H26N4O2/c1-4-22-17(19-20(3)18(22)23)15-7-5-9-21(13-15)12-14(2)11-16-8-6-10-24-16/h6,8,10-11,15H,4-5,7,9,12-13H2,1-3H3/b14-11+. The van der Waals surface area contributed by atoms with Gasteiger partial charge in [0.1, 0.15) is 11.6 Å². The monoisotopic (exact) mass is 330 g/mol. The summed E-state index contributed by atoms with van der Waals surface area (Å²) in [7, 11) is 1.73. The third kappa shape index (κ3) is 3.53. The Hall–Kier alpha value is -2.08. The van der Waals surface area contributed by atoms with Crippen molar-refractivity contribution >= 4 is 6.08 Å². The number of likely N-dealkylation sites (tertiary alicyclic amines) is 1. The highest BCUT2D eigenvalue weighted by molar-refractivity contribution is 5.46. The SMILES string of the molecule is CCn1c(C2CCCN(C/C(C)=C/c3ccco3)C2)nn(C)c1=O. The lowest BCUT2D eigenvalue weighted by atomic mass is 9.96. The Bertz CT molecular complexity index is 755. The van der Waals surface area contributed by atoms with Gasteiger partial charge in [0, 0.05) is 32.6 Å². The van der Waals surface area contributed by atoms with E-state index in [1.165, 1.54) is 10.3 Å². The van der Waals surface area contributed by atoms with E-state index in [1.807, 2.05) is 19.1 Å². The molecule has 0 spiro atoms. The van der Waals surface area contributed by atoms with Crippen LogP contribution in [0.15, 0.2) is 33.2 Å². The fourth-order valence-corrected chi connectivity index (χ4v) is 3.55. The number of rotatable bonds is 5. The minimum Gasteiger partial charge on any atom is -0.465 e. The van der Waals surface area contributed by atoms with E-state index in [2.05, 4.69) is 23.0 Å². The van der Waals surface area contributed by atoms with Gasteiger partial charge in [-0.1, -0.05) is 5.57 Å². The van der Waals surface area contributed by atoms with Gasteiger partial charge in [0.05, 0.1) is 6.26 Å². The number of hydrogen-bond donors (Lipinski definition) is 0. The van der Waals surface area contributed by atoms with Crippen molar-refractivity contribution in [2.24, 2.45) is 7.05 Å². The van der Waals surface area contributed by atoms with E-state index in [0.29, 0.717) is 12.5 Å². The van der Waals surface area contributed by atoms with E-state index in [0.717, 1.165) is 44.1 Å². The molecule has 1 atom stereocenters. The molecule has 0 radical (unpaired) electrons. The van der Waals surface area contributed by atoms with Crippen LogP contribution in [-0.2, 0) is 13.6 Å². The zero-order valence-corrected chi connectivity index (χ0v) is 14.7. The first kappa shape index (κ1) is 16.8. The number of nitrogens with zero attached hydrogens (tertiary/aromatic N) is 4. The van der Waals surface area contributed by atoms with Crippen molar-refractivity contribution in [2.75, 3.05) is 19.6 Å². The van der Waals surface area contributed by atoms with Gasteiger partial charge in [0.2, 0.25) is 0 Å². The molecule has 1 unspecified atom stereocenters. The molecule has 0 saturated carbocycles. The molecule has 0 aromatic carbocycles. The van der Waals surface area contributed by atoms with Crippen LogP contribution >= 0.6 is 0 Å². The smallest absolute Gasteiger partial charge is 0.345 e. The van der Waals surface area contributed by atoms with Gasteiger partial charge in [-0.05, 0) is 51.4 Å². The zero-order valence-electron chi connectivity index (χ0n) is 14.7. The van der Waals surface area contributed by atoms with Crippen LogP contribution in [0.3, 0.4) is 0 Å². The first-order chi connectivity index (χ1) is 11.6. The van der Waals surface area contributed by atoms with Gasteiger partial charge in [0.25, 0.3) is 0 Å². The maximum atomic E-state index is 12.1. The number of furan rings is 1. The molecule has 0 amide bonds. The topological polar surface area (TPSA) is 56.2 Å². The molecule has 6 nitrogen and oxygen atoms in total. The Morgan fingerprint density at radius 1 is 1.50 bits per heavy atom. The van der Waals surface area contributed by atoms with Crippen LogP contribution in [0.2, 0.25) is 0 Å². The van der Waals surface area contributed by atoms with E-state index < -0.39 is 0 Å². The third-order valence-electron chi connectivity index (χ3n) is 4.63. The maximum Gasteiger partial charge on any atom is 0.345 e. The second kappa shape index (κ2) is 7.21. The highest BCUT2D eigenvalue weighted by Crippen LogP contribution is 2.25. The Labute approximate surface area is 142 Å². The summed E-state index contributed by atoms with van der Waals surface area (Å²) in [5.74, 6) is 2.15. The van der Waals surface area contributed by atoms with E-state index in [-0.39, 0.29) is 5.69 Å². The normalized spacial score (nSPS) is 19.8. The van der Waals surface area contributed by atoms with Crippen LogP contribution in [0.25, 0.3) is 6.08 Å². The van der Waals surface area contributed by atoms with Gasteiger partial charge >= 0.3 is 5.69 Å². The van der Waals surface area contributed by atoms with Gasteiger partial charge < -0.3 is 4.42 Å². The largest absolute Gasteiger partial charge is 0.465 e. The minimum atomic E-state index is -0.0153. The molecule has 2 aromatic heterocycles. The highest BCUT2D eigenvalue weighted by atomic mass is 16.3. The quantitative estimate of drug-likeness (QED) is 0.845.